The second-order valence-corrected chi connectivity index (χ2v) is 5.75. The average Bonchev–Trinajstić information content (AvgIpc) is 2.93. The van der Waals surface area contributed by atoms with Crippen molar-refractivity contribution in [3.63, 3.8) is 0 Å². The summed E-state index contributed by atoms with van der Waals surface area (Å²) in [6, 6.07) is 6.29. The highest BCUT2D eigenvalue weighted by Gasteiger charge is 2.42. The van der Waals surface area contributed by atoms with Gasteiger partial charge in [-0.15, -0.1) is 0 Å². The van der Waals surface area contributed by atoms with Crippen LogP contribution in [0.3, 0.4) is 0 Å². The van der Waals surface area contributed by atoms with Gasteiger partial charge in [0.05, 0.1) is 0 Å². The summed E-state index contributed by atoms with van der Waals surface area (Å²) in [7, 11) is 0. The Morgan fingerprint density at radius 2 is 2.11 bits per heavy atom. The molecule has 0 radical (unpaired) electrons. The fourth-order valence-electron chi connectivity index (χ4n) is 3.23. The smallest absolute Gasteiger partial charge is 0.231 e. The van der Waals surface area contributed by atoms with Crippen LogP contribution in [0.25, 0.3) is 0 Å². The van der Waals surface area contributed by atoms with Crippen LogP contribution < -0.4 is 14.8 Å². The van der Waals surface area contributed by atoms with E-state index in [-0.39, 0.29) is 0 Å². The minimum Gasteiger partial charge on any atom is -0.454 e. The van der Waals surface area contributed by atoms with E-state index < -0.39 is 0 Å². The van der Waals surface area contributed by atoms with Crippen molar-refractivity contribution in [1.29, 1.82) is 0 Å². The Kier molecular flexibility index (Phi) is 2.29. The first-order chi connectivity index (χ1) is 8.83. The normalized spacial score (nSPS) is 24.4. The van der Waals surface area contributed by atoms with Gasteiger partial charge in [0, 0.05) is 31.6 Å². The van der Waals surface area contributed by atoms with Gasteiger partial charge < -0.3 is 14.8 Å². The van der Waals surface area contributed by atoms with Gasteiger partial charge in [0.25, 0.3) is 0 Å². The molecule has 4 nitrogen and oxygen atoms in total. The van der Waals surface area contributed by atoms with E-state index in [9.17, 15) is 0 Å². The lowest BCUT2D eigenvalue weighted by Crippen LogP contribution is -2.54. The van der Waals surface area contributed by atoms with Crippen molar-refractivity contribution >= 4 is 0 Å². The Bertz CT molecular complexity index is 471. The van der Waals surface area contributed by atoms with Crippen LogP contribution in [0.4, 0.5) is 0 Å². The Labute approximate surface area is 107 Å². The van der Waals surface area contributed by atoms with Crippen molar-refractivity contribution in [3.8, 4) is 11.5 Å². The molecule has 0 saturated carbocycles. The Hall–Kier alpha value is -1.26. The molecule has 0 atom stereocenters. The molecule has 1 aromatic carbocycles. The van der Waals surface area contributed by atoms with Gasteiger partial charge in [-0.3, -0.25) is 4.90 Å². The van der Waals surface area contributed by atoms with E-state index in [0.29, 0.717) is 12.2 Å². The van der Waals surface area contributed by atoms with Crippen LogP contribution in [0.2, 0.25) is 0 Å². The molecule has 1 spiro atoms. The number of nitrogens with zero attached hydrogens (tertiary/aromatic N) is 1. The largest absolute Gasteiger partial charge is 0.454 e. The van der Waals surface area contributed by atoms with Crippen LogP contribution in [0, 0.1) is 5.41 Å². The van der Waals surface area contributed by atoms with Crippen LogP contribution in [-0.4, -0.2) is 37.9 Å². The van der Waals surface area contributed by atoms with Gasteiger partial charge in [-0.1, -0.05) is 6.07 Å². The topological polar surface area (TPSA) is 33.7 Å². The number of nitrogens with one attached hydrogen (secondary N) is 1. The van der Waals surface area contributed by atoms with Crippen molar-refractivity contribution in [1.82, 2.24) is 10.2 Å². The fourth-order valence-corrected chi connectivity index (χ4v) is 3.23. The maximum Gasteiger partial charge on any atom is 0.231 e. The summed E-state index contributed by atoms with van der Waals surface area (Å²) >= 11 is 0. The lowest BCUT2D eigenvalue weighted by molar-refractivity contribution is 0.167. The molecular weight excluding hydrogens is 228 g/mol. The second-order valence-electron chi connectivity index (χ2n) is 5.75. The molecule has 96 valence electrons. The minimum absolute atomic E-state index is 0.358. The summed E-state index contributed by atoms with van der Waals surface area (Å²) in [5.41, 5.74) is 1.90. The van der Waals surface area contributed by atoms with E-state index in [1.807, 2.05) is 6.07 Å². The molecule has 2 fully saturated rings. The zero-order valence-electron chi connectivity index (χ0n) is 10.4. The third kappa shape index (κ3) is 1.68. The molecule has 0 aliphatic carbocycles. The highest BCUT2D eigenvalue weighted by Crippen LogP contribution is 2.36. The first-order valence-corrected chi connectivity index (χ1v) is 6.65. The summed E-state index contributed by atoms with van der Waals surface area (Å²) in [4.78, 5) is 2.55. The van der Waals surface area contributed by atoms with E-state index in [1.54, 1.807) is 0 Å². The summed E-state index contributed by atoms with van der Waals surface area (Å²) < 4.78 is 10.8. The number of rotatable bonds is 2. The zero-order valence-corrected chi connectivity index (χ0v) is 10.4. The molecule has 0 unspecified atom stereocenters. The van der Waals surface area contributed by atoms with Crippen LogP contribution in [0.1, 0.15) is 12.0 Å². The number of ether oxygens (including phenoxy) is 2. The quantitative estimate of drug-likeness (QED) is 0.850. The number of hydrogen-bond donors (Lipinski definition) is 1. The summed E-state index contributed by atoms with van der Waals surface area (Å²) in [5.74, 6) is 1.77. The molecule has 0 bridgehead atoms. The number of fused-ring (bicyclic) bond motifs is 1. The lowest BCUT2D eigenvalue weighted by atomic mass is 9.81. The van der Waals surface area contributed by atoms with Crippen molar-refractivity contribution < 1.29 is 9.47 Å². The third-order valence-electron chi connectivity index (χ3n) is 4.36. The molecule has 1 N–H and O–H groups in total. The maximum atomic E-state index is 5.43. The number of likely N-dealkylation sites (tertiary alicyclic amines) is 1. The molecule has 3 heterocycles. The van der Waals surface area contributed by atoms with E-state index in [0.717, 1.165) is 18.0 Å². The van der Waals surface area contributed by atoms with Crippen molar-refractivity contribution in [3.05, 3.63) is 23.8 Å². The van der Waals surface area contributed by atoms with Gasteiger partial charge in [-0.05, 0) is 30.7 Å². The van der Waals surface area contributed by atoms with Crippen LogP contribution in [-0.2, 0) is 6.54 Å². The van der Waals surface area contributed by atoms with Crippen LogP contribution in [0.15, 0.2) is 18.2 Å². The molecule has 0 aromatic heterocycles. The van der Waals surface area contributed by atoms with Gasteiger partial charge in [-0.2, -0.15) is 0 Å². The van der Waals surface area contributed by atoms with Crippen molar-refractivity contribution in [2.75, 3.05) is 33.0 Å². The average molecular weight is 246 g/mol. The van der Waals surface area contributed by atoms with Crippen molar-refractivity contribution in [2.24, 2.45) is 5.41 Å². The molecule has 4 rings (SSSR count). The Morgan fingerprint density at radius 3 is 2.89 bits per heavy atom. The molecule has 18 heavy (non-hydrogen) atoms. The number of benzene rings is 1. The second kappa shape index (κ2) is 3.87. The molecular formula is C14H18N2O2. The summed E-state index contributed by atoms with van der Waals surface area (Å²) in [5, 5.41) is 3.40. The molecule has 4 heteroatoms. The molecule has 0 amide bonds. The predicted octanol–water partition coefficient (Wildman–Crippen LogP) is 1.21. The molecule has 3 aliphatic rings. The standard InChI is InChI=1S/C14H18N2O2/c1-2-12-13(18-10-17-12)5-11(1)6-16-4-3-14(9-16)7-15-8-14/h1-2,5,15H,3-4,6-10H2. The Morgan fingerprint density at radius 1 is 1.22 bits per heavy atom. The van der Waals surface area contributed by atoms with E-state index in [1.165, 1.54) is 38.2 Å². The lowest BCUT2D eigenvalue weighted by Gasteiger charge is -2.39. The Balaban J connectivity index is 1.45. The highest BCUT2D eigenvalue weighted by atomic mass is 16.7. The van der Waals surface area contributed by atoms with E-state index >= 15 is 0 Å². The van der Waals surface area contributed by atoms with Gasteiger partial charge in [0.1, 0.15) is 0 Å². The number of hydrogen-bond acceptors (Lipinski definition) is 4. The van der Waals surface area contributed by atoms with Gasteiger partial charge in [0.15, 0.2) is 11.5 Å². The third-order valence-corrected chi connectivity index (χ3v) is 4.36. The van der Waals surface area contributed by atoms with E-state index in [2.05, 4.69) is 22.3 Å². The first-order valence-electron chi connectivity index (χ1n) is 6.65. The maximum absolute atomic E-state index is 5.43. The minimum atomic E-state index is 0.358. The summed E-state index contributed by atoms with van der Waals surface area (Å²) in [6.07, 6.45) is 1.34. The molecule has 1 aromatic rings. The van der Waals surface area contributed by atoms with Gasteiger partial charge in [0.2, 0.25) is 6.79 Å². The van der Waals surface area contributed by atoms with Gasteiger partial charge in [-0.25, -0.2) is 0 Å². The van der Waals surface area contributed by atoms with Crippen LogP contribution >= 0.6 is 0 Å². The molecule has 3 aliphatic heterocycles. The van der Waals surface area contributed by atoms with E-state index in [4.69, 9.17) is 9.47 Å². The zero-order chi connectivity index (χ0) is 12.0. The van der Waals surface area contributed by atoms with Crippen molar-refractivity contribution in [2.45, 2.75) is 13.0 Å². The SMILES string of the molecule is c1cc2c(cc1CN1CCC3(CNC3)C1)OCO2. The predicted molar refractivity (Wildman–Crippen MR) is 67.8 cm³/mol. The summed E-state index contributed by atoms with van der Waals surface area (Å²) in [6.45, 7) is 6.23. The van der Waals surface area contributed by atoms with Crippen LogP contribution in [0.5, 0.6) is 11.5 Å². The molecule has 2 saturated heterocycles. The highest BCUT2D eigenvalue weighted by molar-refractivity contribution is 5.44. The monoisotopic (exact) mass is 246 g/mol. The van der Waals surface area contributed by atoms with Gasteiger partial charge >= 0.3 is 0 Å². The first kappa shape index (κ1) is 10.6. The fraction of sp³-hybridized carbons (Fsp3) is 0.571.